The summed E-state index contributed by atoms with van der Waals surface area (Å²) in [6.45, 7) is 0.219. The van der Waals surface area contributed by atoms with E-state index in [4.69, 9.17) is 5.11 Å². The lowest BCUT2D eigenvalue weighted by molar-refractivity contribution is 0.0944. The second kappa shape index (κ2) is 4.94. The zero-order chi connectivity index (χ0) is 11.4. The largest absolute Gasteiger partial charge is 0.395 e. The maximum absolute atomic E-state index is 11.6. The zero-order valence-corrected chi connectivity index (χ0v) is 8.94. The highest BCUT2D eigenvalue weighted by Gasteiger charge is 2.21. The molecule has 1 aliphatic rings. The summed E-state index contributed by atoms with van der Waals surface area (Å²) in [5, 5.41) is 14.4. The number of hydrogen-bond acceptors (Lipinski definition) is 4. The number of rotatable bonds is 5. The van der Waals surface area contributed by atoms with Crippen LogP contribution in [0.2, 0.25) is 0 Å². The van der Waals surface area contributed by atoms with Gasteiger partial charge in [-0.25, -0.2) is 4.98 Å². The SMILES string of the molecule is O=C(NCCO)c1ccnc(NC2CC2)c1. The number of nitrogens with one attached hydrogen (secondary N) is 2. The Balaban J connectivity index is 1.99. The number of amides is 1. The molecular formula is C11H15N3O2. The van der Waals surface area contributed by atoms with Crippen LogP contribution in [-0.2, 0) is 0 Å². The third kappa shape index (κ3) is 2.93. The molecule has 2 rings (SSSR count). The Kier molecular flexibility index (Phi) is 3.36. The minimum absolute atomic E-state index is 0.0516. The molecule has 16 heavy (non-hydrogen) atoms. The summed E-state index contributed by atoms with van der Waals surface area (Å²) in [5.41, 5.74) is 0.562. The van der Waals surface area contributed by atoms with E-state index in [2.05, 4.69) is 15.6 Å². The number of aliphatic hydroxyl groups excluding tert-OH is 1. The van der Waals surface area contributed by atoms with E-state index in [-0.39, 0.29) is 19.1 Å². The molecule has 1 aliphatic carbocycles. The van der Waals surface area contributed by atoms with Gasteiger partial charge in [0, 0.05) is 24.3 Å². The molecule has 86 valence electrons. The molecule has 0 aromatic carbocycles. The minimum atomic E-state index is -0.185. The van der Waals surface area contributed by atoms with E-state index in [0.29, 0.717) is 11.6 Å². The lowest BCUT2D eigenvalue weighted by Gasteiger charge is -2.06. The summed E-state index contributed by atoms with van der Waals surface area (Å²) >= 11 is 0. The van der Waals surface area contributed by atoms with Crippen molar-refractivity contribution in [2.75, 3.05) is 18.5 Å². The van der Waals surface area contributed by atoms with Gasteiger partial charge in [0.2, 0.25) is 0 Å². The lowest BCUT2D eigenvalue weighted by atomic mass is 10.2. The number of aromatic nitrogens is 1. The van der Waals surface area contributed by atoms with Crippen molar-refractivity contribution in [1.29, 1.82) is 0 Å². The van der Waals surface area contributed by atoms with Gasteiger partial charge in [-0.05, 0) is 25.0 Å². The van der Waals surface area contributed by atoms with Crippen LogP contribution in [-0.4, -0.2) is 35.2 Å². The molecule has 5 heteroatoms. The topological polar surface area (TPSA) is 74.2 Å². The molecule has 0 spiro atoms. The fourth-order valence-electron chi connectivity index (χ4n) is 1.36. The van der Waals surface area contributed by atoms with Crippen molar-refractivity contribution in [2.24, 2.45) is 0 Å². The Hall–Kier alpha value is -1.62. The second-order valence-corrected chi connectivity index (χ2v) is 3.83. The number of anilines is 1. The zero-order valence-electron chi connectivity index (χ0n) is 8.94. The molecule has 1 heterocycles. The van der Waals surface area contributed by atoms with Gasteiger partial charge in [0.25, 0.3) is 5.91 Å². The molecule has 1 amide bonds. The molecule has 0 aliphatic heterocycles. The van der Waals surface area contributed by atoms with Gasteiger partial charge in [-0.1, -0.05) is 0 Å². The average molecular weight is 221 g/mol. The number of nitrogens with zero attached hydrogens (tertiary/aromatic N) is 1. The van der Waals surface area contributed by atoms with Crippen LogP contribution in [0, 0.1) is 0 Å². The van der Waals surface area contributed by atoms with Crippen molar-refractivity contribution in [2.45, 2.75) is 18.9 Å². The van der Waals surface area contributed by atoms with Crippen molar-refractivity contribution in [1.82, 2.24) is 10.3 Å². The van der Waals surface area contributed by atoms with Crippen LogP contribution in [0.25, 0.3) is 0 Å². The van der Waals surface area contributed by atoms with Crippen LogP contribution in [0.3, 0.4) is 0 Å². The van der Waals surface area contributed by atoms with E-state index in [9.17, 15) is 4.79 Å². The van der Waals surface area contributed by atoms with Crippen molar-refractivity contribution >= 4 is 11.7 Å². The first kappa shape index (κ1) is 10.9. The first-order valence-electron chi connectivity index (χ1n) is 5.41. The van der Waals surface area contributed by atoms with Crippen LogP contribution < -0.4 is 10.6 Å². The first-order chi connectivity index (χ1) is 7.79. The number of aliphatic hydroxyl groups is 1. The molecular weight excluding hydrogens is 206 g/mol. The minimum Gasteiger partial charge on any atom is -0.395 e. The normalized spacial score (nSPS) is 14.6. The van der Waals surface area contributed by atoms with Gasteiger partial charge in [0.05, 0.1) is 6.61 Å². The van der Waals surface area contributed by atoms with E-state index in [1.807, 2.05) is 0 Å². The van der Waals surface area contributed by atoms with Crippen LogP contribution >= 0.6 is 0 Å². The quantitative estimate of drug-likeness (QED) is 0.672. The van der Waals surface area contributed by atoms with E-state index in [1.54, 1.807) is 18.3 Å². The number of hydrogen-bond donors (Lipinski definition) is 3. The molecule has 1 aromatic heterocycles. The Bertz CT molecular complexity index is 377. The number of carbonyl (C=O) groups excluding carboxylic acids is 1. The van der Waals surface area contributed by atoms with E-state index in [0.717, 1.165) is 5.82 Å². The molecule has 1 aromatic rings. The van der Waals surface area contributed by atoms with E-state index < -0.39 is 0 Å². The maximum Gasteiger partial charge on any atom is 0.251 e. The van der Waals surface area contributed by atoms with Gasteiger partial charge < -0.3 is 15.7 Å². The summed E-state index contributed by atoms with van der Waals surface area (Å²) in [6.07, 6.45) is 3.95. The van der Waals surface area contributed by atoms with E-state index >= 15 is 0 Å². The summed E-state index contributed by atoms with van der Waals surface area (Å²) in [4.78, 5) is 15.7. The van der Waals surface area contributed by atoms with Crippen molar-refractivity contribution in [3.63, 3.8) is 0 Å². The molecule has 0 unspecified atom stereocenters. The predicted octanol–water partition coefficient (Wildman–Crippen LogP) is 0.378. The van der Waals surface area contributed by atoms with Crippen LogP contribution in [0.1, 0.15) is 23.2 Å². The molecule has 0 radical (unpaired) electrons. The third-order valence-corrected chi connectivity index (χ3v) is 2.35. The molecule has 5 nitrogen and oxygen atoms in total. The summed E-state index contributed by atoms with van der Waals surface area (Å²) < 4.78 is 0. The summed E-state index contributed by atoms with van der Waals surface area (Å²) in [5.74, 6) is 0.550. The van der Waals surface area contributed by atoms with Crippen LogP contribution in [0.15, 0.2) is 18.3 Å². The van der Waals surface area contributed by atoms with Gasteiger partial charge in [0.1, 0.15) is 5.82 Å². The Morgan fingerprint density at radius 2 is 2.38 bits per heavy atom. The van der Waals surface area contributed by atoms with Crippen LogP contribution in [0.5, 0.6) is 0 Å². The van der Waals surface area contributed by atoms with Gasteiger partial charge in [0.15, 0.2) is 0 Å². The highest BCUT2D eigenvalue weighted by Crippen LogP contribution is 2.23. The lowest BCUT2D eigenvalue weighted by Crippen LogP contribution is -2.26. The van der Waals surface area contributed by atoms with Gasteiger partial charge in [-0.3, -0.25) is 4.79 Å². The third-order valence-electron chi connectivity index (χ3n) is 2.35. The highest BCUT2D eigenvalue weighted by atomic mass is 16.3. The molecule has 1 saturated carbocycles. The first-order valence-corrected chi connectivity index (χ1v) is 5.41. The summed E-state index contributed by atoms with van der Waals surface area (Å²) in [7, 11) is 0. The second-order valence-electron chi connectivity index (χ2n) is 3.83. The molecule has 3 N–H and O–H groups in total. The monoisotopic (exact) mass is 221 g/mol. The molecule has 1 fully saturated rings. The van der Waals surface area contributed by atoms with Gasteiger partial charge in [-0.2, -0.15) is 0 Å². The smallest absolute Gasteiger partial charge is 0.251 e. The van der Waals surface area contributed by atoms with Crippen molar-refractivity contribution < 1.29 is 9.90 Å². The highest BCUT2D eigenvalue weighted by molar-refractivity contribution is 5.94. The Morgan fingerprint density at radius 1 is 1.56 bits per heavy atom. The Morgan fingerprint density at radius 3 is 3.06 bits per heavy atom. The predicted molar refractivity (Wildman–Crippen MR) is 60.3 cm³/mol. The standard InChI is InChI=1S/C11H15N3O2/c15-6-5-13-11(16)8-3-4-12-10(7-8)14-9-1-2-9/h3-4,7,9,15H,1-2,5-6H2,(H,12,14)(H,13,16). The average Bonchev–Trinajstić information content (AvgIpc) is 3.10. The Labute approximate surface area is 93.9 Å². The van der Waals surface area contributed by atoms with Crippen molar-refractivity contribution in [3.05, 3.63) is 23.9 Å². The maximum atomic E-state index is 11.6. The number of pyridine rings is 1. The van der Waals surface area contributed by atoms with E-state index in [1.165, 1.54) is 12.8 Å². The fraction of sp³-hybridized carbons (Fsp3) is 0.455. The fourth-order valence-corrected chi connectivity index (χ4v) is 1.36. The molecule has 0 bridgehead atoms. The molecule has 0 saturated heterocycles. The van der Waals surface area contributed by atoms with Crippen LogP contribution in [0.4, 0.5) is 5.82 Å². The van der Waals surface area contributed by atoms with Crippen molar-refractivity contribution in [3.8, 4) is 0 Å². The van der Waals surface area contributed by atoms with Gasteiger partial charge >= 0.3 is 0 Å². The summed E-state index contributed by atoms with van der Waals surface area (Å²) in [6, 6.07) is 3.90. The van der Waals surface area contributed by atoms with Gasteiger partial charge in [-0.15, -0.1) is 0 Å². The number of carbonyl (C=O) groups is 1. The molecule has 0 atom stereocenters.